The first-order chi connectivity index (χ1) is 12.6. The molecule has 0 radical (unpaired) electrons. The SMILES string of the molecule is C=CCN(Cc1ccc(Cl)s1)C(=O)c1csc(-c2ccccc2OC)n1. The van der Waals surface area contributed by atoms with Crippen LogP contribution in [0.25, 0.3) is 10.6 Å². The van der Waals surface area contributed by atoms with Gasteiger partial charge in [-0.2, -0.15) is 0 Å². The Hall–Kier alpha value is -2.15. The van der Waals surface area contributed by atoms with Crippen molar-refractivity contribution in [1.82, 2.24) is 9.88 Å². The number of hydrogen-bond donors (Lipinski definition) is 0. The van der Waals surface area contributed by atoms with Crippen molar-refractivity contribution in [3.05, 3.63) is 69.3 Å². The lowest BCUT2D eigenvalue weighted by Gasteiger charge is -2.19. The van der Waals surface area contributed by atoms with E-state index in [1.54, 1.807) is 23.5 Å². The summed E-state index contributed by atoms with van der Waals surface area (Å²) in [6.45, 7) is 4.66. The molecule has 0 saturated heterocycles. The third-order valence-corrected chi connectivity index (χ3v) is 5.76. The molecule has 0 atom stereocenters. The molecule has 1 amide bonds. The van der Waals surface area contributed by atoms with Crippen molar-refractivity contribution < 1.29 is 9.53 Å². The Morgan fingerprint density at radius 2 is 2.15 bits per heavy atom. The molecule has 0 aliphatic carbocycles. The van der Waals surface area contributed by atoms with Gasteiger partial charge in [0, 0.05) is 16.8 Å². The largest absolute Gasteiger partial charge is 0.496 e. The normalized spacial score (nSPS) is 10.5. The highest BCUT2D eigenvalue weighted by atomic mass is 35.5. The molecule has 3 aromatic rings. The minimum Gasteiger partial charge on any atom is -0.496 e. The molecule has 0 N–H and O–H groups in total. The first-order valence-corrected chi connectivity index (χ1v) is 9.93. The van der Waals surface area contributed by atoms with Crippen LogP contribution in [0.1, 0.15) is 15.4 Å². The third-order valence-electron chi connectivity index (χ3n) is 3.67. The number of nitrogens with zero attached hydrogens (tertiary/aromatic N) is 2. The first-order valence-electron chi connectivity index (χ1n) is 7.85. The number of carbonyl (C=O) groups is 1. The summed E-state index contributed by atoms with van der Waals surface area (Å²) < 4.78 is 6.09. The van der Waals surface area contributed by atoms with Gasteiger partial charge in [0.05, 0.1) is 23.6 Å². The molecule has 1 aromatic carbocycles. The van der Waals surface area contributed by atoms with Crippen LogP contribution >= 0.6 is 34.3 Å². The van der Waals surface area contributed by atoms with Gasteiger partial charge in [-0.25, -0.2) is 4.98 Å². The van der Waals surface area contributed by atoms with Gasteiger partial charge in [0.2, 0.25) is 0 Å². The second kappa shape index (κ2) is 8.49. The molecule has 0 fully saturated rings. The van der Waals surface area contributed by atoms with Gasteiger partial charge < -0.3 is 9.64 Å². The van der Waals surface area contributed by atoms with E-state index < -0.39 is 0 Å². The Bertz CT molecular complexity index is 920. The first kappa shape index (κ1) is 18.6. The minimum absolute atomic E-state index is 0.133. The maximum Gasteiger partial charge on any atom is 0.273 e. The monoisotopic (exact) mass is 404 g/mol. The molecular weight excluding hydrogens is 388 g/mol. The number of hydrogen-bond acceptors (Lipinski definition) is 5. The molecule has 0 aliphatic heterocycles. The molecule has 4 nitrogen and oxygen atoms in total. The summed E-state index contributed by atoms with van der Waals surface area (Å²) in [5, 5.41) is 2.53. The van der Waals surface area contributed by atoms with Crippen molar-refractivity contribution in [1.29, 1.82) is 0 Å². The minimum atomic E-state index is -0.133. The molecule has 0 spiro atoms. The summed E-state index contributed by atoms with van der Waals surface area (Å²) in [5.41, 5.74) is 1.29. The molecule has 0 saturated carbocycles. The predicted octanol–water partition coefficient (Wildman–Crippen LogP) is 5.36. The maximum atomic E-state index is 12.9. The second-order valence-electron chi connectivity index (χ2n) is 5.42. The van der Waals surface area contributed by atoms with Gasteiger partial charge in [0.15, 0.2) is 0 Å². The van der Waals surface area contributed by atoms with E-state index >= 15 is 0 Å². The zero-order chi connectivity index (χ0) is 18.5. The van der Waals surface area contributed by atoms with E-state index in [0.29, 0.717) is 23.1 Å². The number of para-hydroxylation sites is 1. The standard InChI is InChI=1S/C19H17ClN2O2S2/c1-3-10-22(11-13-8-9-17(20)26-13)19(23)15-12-25-18(21-15)14-6-4-5-7-16(14)24-2/h3-9,12H,1,10-11H2,2H3. The van der Waals surface area contributed by atoms with Gasteiger partial charge in [-0.3, -0.25) is 4.79 Å². The number of halogens is 1. The van der Waals surface area contributed by atoms with Crippen LogP contribution in [0.3, 0.4) is 0 Å². The molecule has 3 rings (SSSR count). The Morgan fingerprint density at radius 1 is 1.35 bits per heavy atom. The van der Waals surface area contributed by atoms with Gasteiger partial charge >= 0.3 is 0 Å². The lowest BCUT2D eigenvalue weighted by Crippen LogP contribution is -2.30. The third kappa shape index (κ3) is 4.15. The average Bonchev–Trinajstić information content (AvgIpc) is 3.30. The van der Waals surface area contributed by atoms with E-state index in [9.17, 15) is 4.79 Å². The fourth-order valence-electron chi connectivity index (χ4n) is 2.48. The van der Waals surface area contributed by atoms with Gasteiger partial charge in [-0.15, -0.1) is 29.3 Å². The van der Waals surface area contributed by atoms with E-state index in [-0.39, 0.29) is 5.91 Å². The Morgan fingerprint density at radius 3 is 2.85 bits per heavy atom. The summed E-state index contributed by atoms with van der Waals surface area (Å²) in [5.74, 6) is 0.601. The molecule has 0 aliphatic rings. The Labute approximate surface area is 165 Å². The van der Waals surface area contributed by atoms with Gasteiger partial charge in [-0.05, 0) is 24.3 Å². The average molecular weight is 405 g/mol. The van der Waals surface area contributed by atoms with Crippen molar-refractivity contribution >= 4 is 40.2 Å². The summed E-state index contributed by atoms with van der Waals surface area (Å²) in [6.07, 6.45) is 1.71. The molecule has 7 heteroatoms. The van der Waals surface area contributed by atoms with Crippen LogP contribution in [0, 0.1) is 0 Å². The topological polar surface area (TPSA) is 42.4 Å². The van der Waals surface area contributed by atoms with Gasteiger partial charge in [0.25, 0.3) is 5.91 Å². The number of ether oxygens (including phenoxy) is 1. The van der Waals surface area contributed by atoms with Gasteiger partial charge in [-0.1, -0.05) is 29.8 Å². The van der Waals surface area contributed by atoms with E-state index in [0.717, 1.165) is 21.2 Å². The number of thiazole rings is 1. The summed E-state index contributed by atoms with van der Waals surface area (Å²) in [7, 11) is 1.62. The highest BCUT2D eigenvalue weighted by Gasteiger charge is 2.20. The van der Waals surface area contributed by atoms with Crippen molar-refractivity contribution in [3.63, 3.8) is 0 Å². The quantitative estimate of drug-likeness (QED) is 0.497. The number of methoxy groups -OCH3 is 1. The lowest BCUT2D eigenvalue weighted by atomic mass is 10.2. The molecule has 2 heterocycles. The zero-order valence-electron chi connectivity index (χ0n) is 14.1. The summed E-state index contributed by atoms with van der Waals surface area (Å²) in [6, 6.07) is 11.4. The Balaban J connectivity index is 1.84. The van der Waals surface area contributed by atoms with Crippen LogP contribution in [0.2, 0.25) is 4.34 Å². The molecular formula is C19H17ClN2O2S2. The number of thiophene rings is 1. The molecule has 0 bridgehead atoms. The highest BCUT2D eigenvalue weighted by molar-refractivity contribution is 7.16. The Kier molecular flexibility index (Phi) is 6.08. The van der Waals surface area contributed by atoms with Crippen molar-refractivity contribution in [3.8, 4) is 16.3 Å². The molecule has 0 unspecified atom stereocenters. The van der Waals surface area contributed by atoms with Crippen LogP contribution in [0.4, 0.5) is 0 Å². The highest BCUT2D eigenvalue weighted by Crippen LogP contribution is 2.32. The molecule has 2 aromatic heterocycles. The molecule has 26 heavy (non-hydrogen) atoms. The maximum absolute atomic E-state index is 12.9. The smallest absolute Gasteiger partial charge is 0.273 e. The van der Waals surface area contributed by atoms with Crippen molar-refractivity contribution in [2.45, 2.75) is 6.54 Å². The second-order valence-corrected chi connectivity index (χ2v) is 8.08. The van der Waals surface area contributed by atoms with Crippen LogP contribution in [0.5, 0.6) is 5.75 Å². The summed E-state index contributed by atoms with van der Waals surface area (Å²) in [4.78, 5) is 20.2. The predicted molar refractivity (Wildman–Crippen MR) is 108 cm³/mol. The van der Waals surface area contributed by atoms with Crippen LogP contribution < -0.4 is 4.74 Å². The van der Waals surface area contributed by atoms with Crippen molar-refractivity contribution in [2.24, 2.45) is 0 Å². The van der Waals surface area contributed by atoms with E-state index in [2.05, 4.69) is 11.6 Å². The van der Waals surface area contributed by atoms with E-state index in [1.807, 2.05) is 36.4 Å². The van der Waals surface area contributed by atoms with E-state index in [1.165, 1.54) is 22.7 Å². The van der Waals surface area contributed by atoms with Crippen LogP contribution in [-0.2, 0) is 6.54 Å². The number of aromatic nitrogens is 1. The fourth-order valence-corrected chi connectivity index (χ4v) is 4.41. The van der Waals surface area contributed by atoms with Crippen molar-refractivity contribution in [2.75, 3.05) is 13.7 Å². The fraction of sp³-hybridized carbons (Fsp3) is 0.158. The van der Waals surface area contributed by atoms with Gasteiger partial charge in [0.1, 0.15) is 16.5 Å². The number of benzene rings is 1. The summed E-state index contributed by atoms with van der Waals surface area (Å²) >= 11 is 8.88. The van der Waals surface area contributed by atoms with Crippen LogP contribution in [0.15, 0.2) is 54.4 Å². The lowest BCUT2D eigenvalue weighted by molar-refractivity contribution is 0.0759. The van der Waals surface area contributed by atoms with E-state index in [4.69, 9.17) is 16.3 Å². The number of rotatable bonds is 7. The van der Waals surface area contributed by atoms with Crippen LogP contribution in [-0.4, -0.2) is 29.4 Å². The molecule has 134 valence electrons. The zero-order valence-corrected chi connectivity index (χ0v) is 16.5. The number of carbonyl (C=O) groups excluding carboxylic acids is 1. The number of amides is 1.